The minimum atomic E-state index is -1.17. The van der Waals surface area contributed by atoms with Crippen LogP contribution in [0.15, 0.2) is 46.4 Å². The minimum Gasteiger partial charge on any atom is -0.493 e. The van der Waals surface area contributed by atoms with E-state index >= 15 is 0 Å². The summed E-state index contributed by atoms with van der Waals surface area (Å²) >= 11 is 6.30. The number of carbonyl (C=O) groups excluding carboxylic acids is 1. The summed E-state index contributed by atoms with van der Waals surface area (Å²) in [7, 11) is 2.82. The maximum atomic E-state index is 13.0. The molecule has 0 atom stereocenters. The van der Waals surface area contributed by atoms with E-state index < -0.39 is 31.1 Å². The Bertz CT molecular complexity index is 1260. The fourth-order valence-electron chi connectivity index (χ4n) is 3.00. The summed E-state index contributed by atoms with van der Waals surface area (Å²) < 4.78 is 21.3. The lowest BCUT2D eigenvalue weighted by atomic mass is 10.1. The first-order chi connectivity index (χ1) is 17.2. The second-order valence-electron chi connectivity index (χ2n) is 6.86. The van der Waals surface area contributed by atoms with Gasteiger partial charge in [-0.25, -0.2) is 9.59 Å². The Labute approximate surface area is 214 Å². The zero-order valence-electron chi connectivity index (χ0n) is 19.0. The number of carboxylic acid groups (broad SMARTS) is 2. The summed E-state index contributed by atoms with van der Waals surface area (Å²) in [6.45, 7) is -1.20. The standard InChI is InChI=1S/C23H20N2O9S2/c1-31-15-7-3-5-13(20(15)33-11-18(26)27)9-17-22(30)25(23(35)36-17)24-10-14-6-4-8-16(32-2)21(14)34-12-19(28)29/h3-10H,11-12H2,1-2H3,(H,26,27)(H,28,29)/b17-9-,24-10-. The summed E-state index contributed by atoms with van der Waals surface area (Å²) in [5.74, 6) is -1.98. The normalized spacial score (nSPS) is 14.4. The summed E-state index contributed by atoms with van der Waals surface area (Å²) in [5, 5.41) is 23.1. The monoisotopic (exact) mass is 532 g/mol. The minimum absolute atomic E-state index is 0.142. The van der Waals surface area contributed by atoms with Gasteiger partial charge in [0.25, 0.3) is 5.91 Å². The molecule has 2 aromatic carbocycles. The van der Waals surface area contributed by atoms with Crippen LogP contribution < -0.4 is 18.9 Å². The number of hydrazone groups is 1. The summed E-state index contributed by atoms with van der Waals surface area (Å²) in [4.78, 5) is 35.2. The van der Waals surface area contributed by atoms with Gasteiger partial charge >= 0.3 is 11.9 Å². The van der Waals surface area contributed by atoms with Crippen LogP contribution in [0.25, 0.3) is 6.08 Å². The van der Waals surface area contributed by atoms with Crippen LogP contribution in [0.1, 0.15) is 11.1 Å². The Morgan fingerprint density at radius 3 is 2.03 bits per heavy atom. The molecule has 188 valence electrons. The molecule has 0 aromatic heterocycles. The van der Waals surface area contributed by atoms with Crippen LogP contribution in [-0.2, 0) is 14.4 Å². The maximum absolute atomic E-state index is 13.0. The van der Waals surface area contributed by atoms with E-state index in [2.05, 4.69) is 5.10 Å². The van der Waals surface area contributed by atoms with Crippen molar-refractivity contribution in [1.82, 2.24) is 5.01 Å². The molecule has 2 N–H and O–H groups in total. The number of carbonyl (C=O) groups is 3. The molecule has 1 heterocycles. The molecule has 36 heavy (non-hydrogen) atoms. The van der Waals surface area contributed by atoms with Crippen molar-refractivity contribution in [2.24, 2.45) is 5.10 Å². The van der Waals surface area contributed by atoms with E-state index in [0.29, 0.717) is 16.9 Å². The first kappa shape index (κ1) is 26.5. The molecule has 1 amide bonds. The maximum Gasteiger partial charge on any atom is 0.341 e. The number of amides is 1. The van der Waals surface area contributed by atoms with Gasteiger partial charge in [0.1, 0.15) is 0 Å². The smallest absolute Gasteiger partial charge is 0.341 e. The van der Waals surface area contributed by atoms with Gasteiger partial charge in [-0.2, -0.15) is 10.1 Å². The SMILES string of the molecule is COc1cccc(/C=N\N2C(=O)/C(=C/c3cccc(OC)c3OCC(=O)O)SC2=S)c1OCC(=O)O. The van der Waals surface area contributed by atoms with Crippen LogP contribution in [0.5, 0.6) is 23.0 Å². The molecule has 0 saturated carbocycles. The van der Waals surface area contributed by atoms with Crippen molar-refractivity contribution >= 4 is 58.4 Å². The first-order valence-electron chi connectivity index (χ1n) is 10.1. The Kier molecular flexibility index (Phi) is 8.86. The molecule has 1 fully saturated rings. The lowest BCUT2D eigenvalue weighted by Crippen LogP contribution is -2.22. The van der Waals surface area contributed by atoms with Crippen molar-refractivity contribution in [3.63, 3.8) is 0 Å². The number of hydrogen-bond acceptors (Lipinski definition) is 10. The van der Waals surface area contributed by atoms with Gasteiger partial charge in [-0.3, -0.25) is 4.79 Å². The van der Waals surface area contributed by atoms with Crippen LogP contribution in [-0.4, -0.2) is 71.0 Å². The average molecular weight is 533 g/mol. The van der Waals surface area contributed by atoms with Gasteiger partial charge in [0.15, 0.2) is 40.5 Å². The van der Waals surface area contributed by atoms with Crippen LogP contribution in [0, 0.1) is 0 Å². The van der Waals surface area contributed by atoms with Crippen LogP contribution in [0.2, 0.25) is 0 Å². The van der Waals surface area contributed by atoms with Crippen molar-refractivity contribution in [1.29, 1.82) is 0 Å². The predicted octanol–water partition coefficient (Wildman–Crippen LogP) is 2.87. The zero-order chi connectivity index (χ0) is 26.2. The van der Waals surface area contributed by atoms with Crippen LogP contribution in [0.4, 0.5) is 0 Å². The number of ether oxygens (including phenoxy) is 4. The molecule has 2 aromatic rings. The van der Waals surface area contributed by atoms with E-state index in [1.54, 1.807) is 36.4 Å². The highest BCUT2D eigenvalue weighted by Crippen LogP contribution is 2.38. The fourth-order valence-corrected chi connectivity index (χ4v) is 4.16. The lowest BCUT2D eigenvalue weighted by molar-refractivity contribution is -0.140. The summed E-state index contributed by atoms with van der Waals surface area (Å²) in [6, 6.07) is 9.76. The van der Waals surface area contributed by atoms with Crippen molar-refractivity contribution in [2.75, 3.05) is 27.4 Å². The third-order valence-corrected chi connectivity index (χ3v) is 5.79. The molecule has 0 bridgehead atoms. The Morgan fingerprint density at radius 2 is 1.50 bits per heavy atom. The molecule has 3 rings (SSSR count). The molecule has 13 heteroatoms. The first-order valence-corrected chi connectivity index (χ1v) is 11.3. The quantitative estimate of drug-likeness (QED) is 0.250. The number of thiocarbonyl (C=S) groups is 1. The second-order valence-corrected chi connectivity index (χ2v) is 8.54. The van der Waals surface area contributed by atoms with E-state index in [0.717, 1.165) is 16.8 Å². The van der Waals surface area contributed by atoms with Crippen molar-refractivity contribution < 1.29 is 43.5 Å². The van der Waals surface area contributed by atoms with Gasteiger partial charge in [0.05, 0.1) is 25.3 Å². The number of nitrogens with zero attached hydrogens (tertiary/aromatic N) is 2. The Morgan fingerprint density at radius 1 is 0.972 bits per heavy atom. The molecule has 0 radical (unpaired) electrons. The van der Waals surface area contributed by atoms with E-state index in [-0.39, 0.29) is 26.5 Å². The van der Waals surface area contributed by atoms with E-state index in [9.17, 15) is 14.4 Å². The highest BCUT2D eigenvalue weighted by molar-refractivity contribution is 8.26. The number of para-hydroxylation sites is 2. The number of aliphatic carboxylic acids is 2. The number of benzene rings is 2. The highest BCUT2D eigenvalue weighted by atomic mass is 32.2. The number of rotatable bonds is 11. The summed E-state index contributed by atoms with van der Waals surface area (Å²) in [6.07, 6.45) is 2.81. The molecule has 1 aliphatic rings. The van der Waals surface area contributed by atoms with Gasteiger partial charge in [-0.05, 0) is 36.5 Å². The zero-order valence-corrected chi connectivity index (χ0v) is 20.6. The van der Waals surface area contributed by atoms with Gasteiger partial charge < -0.3 is 29.2 Å². The molecule has 1 aliphatic heterocycles. The predicted molar refractivity (Wildman–Crippen MR) is 135 cm³/mol. The molecular weight excluding hydrogens is 512 g/mol. The van der Waals surface area contributed by atoms with Gasteiger partial charge in [-0.15, -0.1) is 0 Å². The van der Waals surface area contributed by atoms with Crippen molar-refractivity contribution in [3.8, 4) is 23.0 Å². The number of thioether (sulfide) groups is 1. The van der Waals surface area contributed by atoms with Crippen LogP contribution >= 0.6 is 24.0 Å². The van der Waals surface area contributed by atoms with E-state index in [1.165, 1.54) is 26.5 Å². The Hall–Kier alpha value is -4.10. The van der Waals surface area contributed by atoms with Gasteiger partial charge in [-0.1, -0.05) is 30.0 Å². The highest BCUT2D eigenvalue weighted by Gasteiger charge is 2.32. The molecule has 0 unspecified atom stereocenters. The molecule has 11 nitrogen and oxygen atoms in total. The molecule has 0 aliphatic carbocycles. The fraction of sp³-hybridized carbons (Fsp3) is 0.174. The van der Waals surface area contributed by atoms with Crippen molar-refractivity contribution in [3.05, 3.63) is 52.4 Å². The molecule has 0 spiro atoms. The van der Waals surface area contributed by atoms with Gasteiger partial charge in [0, 0.05) is 11.1 Å². The summed E-state index contributed by atoms with van der Waals surface area (Å²) in [5.41, 5.74) is 0.781. The van der Waals surface area contributed by atoms with E-state index in [4.69, 9.17) is 41.4 Å². The lowest BCUT2D eigenvalue weighted by Gasteiger charge is -2.12. The number of carboxylic acids is 2. The van der Waals surface area contributed by atoms with Gasteiger partial charge in [0.2, 0.25) is 0 Å². The average Bonchev–Trinajstić information content (AvgIpc) is 3.11. The Balaban J connectivity index is 1.89. The topological polar surface area (TPSA) is 144 Å². The van der Waals surface area contributed by atoms with E-state index in [1.807, 2.05) is 0 Å². The van der Waals surface area contributed by atoms with Crippen LogP contribution in [0.3, 0.4) is 0 Å². The number of methoxy groups -OCH3 is 2. The number of hydrogen-bond donors (Lipinski definition) is 2. The third kappa shape index (κ3) is 6.31. The largest absolute Gasteiger partial charge is 0.493 e. The van der Waals surface area contributed by atoms with Crippen molar-refractivity contribution in [2.45, 2.75) is 0 Å². The molecule has 1 saturated heterocycles. The third-order valence-electron chi connectivity index (χ3n) is 4.51. The molecular formula is C23H20N2O9S2. The second kappa shape index (κ2) is 12.0.